The molecule has 2 aromatic heterocycles. The molecule has 182 valence electrons. The van der Waals surface area contributed by atoms with E-state index in [-0.39, 0.29) is 17.4 Å². The summed E-state index contributed by atoms with van der Waals surface area (Å²) in [7, 11) is 1.86. The van der Waals surface area contributed by atoms with E-state index in [0.29, 0.717) is 22.8 Å². The van der Waals surface area contributed by atoms with E-state index in [0.717, 1.165) is 47.5 Å². The van der Waals surface area contributed by atoms with Gasteiger partial charge in [-0.25, -0.2) is 4.98 Å². The highest BCUT2D eigenvalue weighted by Crippen LogP contribution is 2.55. The van der Waals surface area contributed by atoms with E-state index in [1.165, 1.54) is 0 Å². The van der Waals surface area contributed by atoms with Crippen molar-refractivity contribution in [2.45, 2.75) is 31.3 Å². The molecule has 3 heterocycles. The molecule has 2 aromatic carbocycles. The topological polar surface area (TPSA) is 104 Å². The molecule has 1 fully saturated rings. The molecule has 8 nitrogen and oxygen atoms in total. The molecule has 36 heavy (non-hydrogen) atoms. The largest absolute Gasteiger partial charge is 0.492 e. The van der Waals surface area contributed by atoms with Crippen LogP contribution in [0.1, 0.15) is 47.4 Å². The average Bonchev–Trinajstić information content (AvgIpc) is 3.41. The van der Waals surface area contributed by atoms with E-state index in [1.54, 1.807) is 17.1 Å². The van der Waals surface area contributed by atoms with E-state index >= 15 is 0 Å². The first-order valence-corrected chi connectivity index (χ1v) is 12.0. The zero-order chi connectivity index (χ0) is 24.9. The molecule has 2 aliphatic rings. The number of aryl methyl sites for hydroxylation is 1. The van der Waals surface area contributed by atoms with Crippen LogP contribution in [0.4, 0.5) is 11.5 Å². The zero-order valence-electron chi connectivity index (χ0n) is 20.2. The van der Waals surface area contributed by atoms with Crippen molar-refractivity contribution in [1.82, 2.24) is 14.8 Å². The fourth-order valence-electron chi connectivity index (χ4n) is 4.68. The van der Waals surface area contributed by atoms with Gasteiger partial charge in [-0.3, -0.25) is 9.48 Å². The van der Waals surface area contributed by atoms with Crippen LogP contribution >= 0.6 is 0 Å². The van der Waals surface area contributed by atoms with Gasteiger partial charge in [0.1, 0.15) is 11.9 Å². The van der Waals surface area contributed by atoms with Crippen LogP contribution in [0.3, 0.4) is 0 Å². The summed E-state index contributed by atoms with van der Waals surface area (Å²) in [5, 5.41) is 7.23. The Morgan fingerprint density at radius 2 is 2.03 bits per heavy atom. The molecular weight excluding hydrogens is 454 g/mol. The molecule has 1 aliphatic heterocycles. The molecule has 4 aromatic rings. The van der Waals surface area contributed by atoms with Gasteiger partial charge in [0.25, 0.3) is 5.91 Å². The summed E-state index contributed by atoms with van der Waals surface area (Å²) in [6.07, 6.45) is 7.31. The molecule has 0 bridgehead atoms. The lowest BCUT2D eigenvalue weighted by atomic mass is 9.96. The Morgan fingerprint density at radius 3 is 2.81 bits per heavy atom. The number of carbonyl (C=O) groups is 1. The monoisotopic (exact) mass is 481 g/mol. The number of carbonyl (C=O) groups excluding carboxylic acids is 1. The number of rotatable bonds is 6. The summed E-state index contributed by atoms with van der Waals surface area (Å²) in [5.74, 6) is 1.56. The third kappa shape index (κ3) is 4.04. The van der Waals surface area contributed by atoms with Gasteiger partial charge >= 0.3 is 0 Å². The first-order valence-electron chi connectivity index (χ1n) is 12.0. The third-order valence-electron chi connectivity index (χ3n) is 7.01. The number of amides is 1. The molecule has 3 N–H and O–H groups in total. The Kier molecular flexibility index (Phi) is 5.17. The summed E-state index contributed by atoms with van der Waals surface area (Å²) in [4.78, 5) is 17.3. The lowest BCUT2D eigenvalue weighted by molar-refractivity contribution is 0.102. The highest BCUT2D eigenvalue weighted by molar-refractivity contribution is 6.04. The number of anilines is 2. The minimum Gasteiger partial charge on any atom is -0.492 e. The van der Waals surface area contributed by atoms with Gasteiger partial charge in [-0.05, 0) is 61.7 Å². The third-order valence-corrected chi connectivity index (χ3v) is 7.01. The number of nitrogens with one attached hydrogen (secondary N) is 1. The van der Waals surface area contributed by atoms with Crippen LogP contribution < -0.4 is 20.5 Å². The van der Waals surface area contributed by atoms with Crippen LogP contribution in [0.2, 0.25) is 0 Å². The Bertz CT molecular complexity index is 1470. The standard InChI is InChI=1S/C28H27N5O3/c1-17(36-25-12-20(13-30-26(25)29)21-14-31-33(2)15-21)18-4-3-5-22(10-18)32-27(34)19-6-7-24-23(11-19)28(8-9-28)16-35-24/h3-7,10-15,17H,8-9,16H2,1-2H3,(H2,29,30)(H,32,34). The van der Waals surface area contributed by atoms with E-state index < -0.39 is 0 Å². The number of nitrogen functional groups attached to an aromatic ring is 1. The smallest absolute Gasteiger partial charge is 0.255 e. The van der Waals surface area contributed by atoms with Crippen molar-refractivity contribution in [3.8, 4) is 22.6 Å². The van der Waals surface area contributed by atoms with Crippen LogP contribution in [-0.2, 0) is 12.5 Å². The van der Waals surface area contributed by atoms with Gasteiger partial charge in [0.05, 0.1) is 12.8 Å². The van der Waals surface area contributed by atoms with Gasteiger partial charge in [-0.2, -0.15) is 5.10 Å². The number of hydrogen-bond acceptors (Lipinski definition) is 6. The normalized spacial score (nSPS) is 15.7. The lowest BCUT2D eigenvalue weighted by Crippen LogP contribution is -2.14. The van der Waals surface area contributed by atoms with Gasteiger partial charge in [-0.15, -0.1) is 0 Å². The number of fused-ring (bicyclic) bond motifs is 2. The maximum atomic E-state index is 13.0. The quantitative estimate of drug-likeness (QED) is 0.407. The van der Waals surface area contributed by atoms with Crippen molar-refractivity contribution in [2.24, 2.45) is 7.05 Å². The highest BCUT2D eigenvalue weighted by Gasteiger charge is 2.50. The summed E-state index contributed by atoms with van der Waals surface area (Å²) in [6, 6.07) is 15.2. The average molecular weight is 482 g/mol. The zero-order valence-corrected chi connectivity index (χ0v) is 20.2. The van der Waals surface area contributed by atoms with E-state index in [1.807, 2.05) is 68.7 Å². The van der Waals surface area contributed by atoms with Crippen LogP contribution in [0.25, 0.3) is 11.1 Å². The Labute approximate surface area is 209 Å². The molecule has 1 saturated carbocycles. The molecule has 0 saturated heterocycles. The molecule has 6 rings (SSSR count). The second-order valence-electron chi connectivity index (χ2n) is 9.63. The van der Waals surface area contributed by atoms with Crippen molar-refractivity contribution in [3.05, 3.63) is 83.8 Å². The minimum atomic E-state index is -0.318. The van der Waals surface area contributed by atoms with Crippen molar-refractivity contribution < 1.29 is 14.3 Å². The van der Waals surface area contributed by atoms with Crippen LogP contribution in [0.15, 0.2) is 67.1 Å². The Hall–Kier alpha value is -4.33. The summed E-state index contributed by atoms with van der Waals surface area (Å²) in [5.41, 5.74) is 11.4. The summed E-state index contributed by atoms with van der Waals surface area (Å²) in [6.45, 7) is 2.66. The first-order chi connectivity index (χ1) is 17.4. The molecule has 1 amide bonds. The predicted octanol–water partition coefficient (Wildman–Crippen LogP) is 4.88. The van der Waals surface area contributed by atoms with Gasteiger partial charge in [0, 0.05) is 52.8 Å². The molecule has 0 radical (unpaired) electrons. The second-order valence-corrected chi connectivity index (χ2v) is 9.63. The Morgan fingerprint density at radius 1 is 1.17 bits per heavy atom. The molecule has 1 unspecified atom stereocenters. The van der Waals surface area contributed by atoms with Crippen LogP contribution in [0, 0.1) is 0 Å². The fourth-order valence-corrected chi connectivity index (χ4v) is 4.68. The van der Waals surface area contributed by atoms with E-state index in [4.69, 9.17) is 15.2 Å². The first kappa shape index (κ1) is 22.2. The lowest BCUT2D eigenvalue weighted by Gasteiger charge is -2.18. The van der Waals surface area contributed by atoms with Gasteiger partial charge in [0.15, 0.2) is 11.6 Å². The van der Waals surface area contributed by atoms with Crippen molar-refractivity contribution >= 4 is 17.4 Å². The summed E-state index contributed by atoms with van der Waals surface area (Å²) >= 11 is 0. The van der Waals surface area contributed by atoms with Gasteiger partial charge < -0.3 is 20.5 Å². The molecule has 1 aliphatic carbocycles. The number of nitrogens with zero attached hydrogens (tertiary/aromatic N) is 3. The van der Waals surface area contributed by atoms with Crippen molar-refractivity contribution in [2.75, 3.05) is 17.7 Å². The SMILES string of the molecule is CC(Oc1cc(-c2cnn(C)c2)cnc1N)c1cccc(NC(=O)c2ccc3c(c2)C2(CC2)CO3)c1. The number of benzene rings is 2. The van der Waals surface area contributed by atoms with E-state index in [9.17, 15) is 4.79 Å². The number of pyridine rings is 1. The highest BCUT2D eigenvalue weighted by atomic mass is 16.5. The van der Waals surface area contributed by atoms with Crippen molar-refractivity contribution in [3.63, 3.8) is 0 Å². The summed E-state index contributed by atoms with van der Waals surface area (Å²) < 4.78 is 13.7. The second kappa shape index (κ2) is 8.41. The molecule has 1 atom stereocenters. The maximum absolute atomic E-state index is 13.0. The van der Waals surface area contributed by atoms with Gasteiger partial charge in [-0.1, -0.05) is 12.1 Å². The maximum Gasteiger partial charge on any atom is 0.255 e. The fraction of sp³-hybridized carbons (Fsp3) is 0.250. The number of hydrogen-bond donors (Lipinski definition) is 2. The van der Waals surface area contributed by atoms with Crippen molar-refractivity contribution in [1.29, 1.82) is 0 Å². The number of ether oxygens (including phenoxy) is 2. The van der Waals surface area contributed by atoms with Crippen LogP contribution in [0.5, 0.6) is 11.5 Å². The Balaban J connectivity index is 1.18. The number of nitrogens with two attached hydrogens (primary N) is 1. The molecule has 1 spiro atoms. The van der Waals surface area contributed by atoms with E-state index in [2.05, 4.69) is 15.4 Å². The van der Waals surface area contributed by atoms with Gasteiger partial charge in [0.2, 0.25) is 0 Å². The molecular formula is C28H27N5O3. The number of aromatic nitrogens is 3. The minimum absolute atomic E-state index is 0.128. The molecule has 8 heteroatoms. The predicted molar refractivity (Wildman–Crippen MR) is 137 cm³/mol. The van der Waals surface area contributed by atoms with Crippen LogP contribution in [-0.4, -0.2) is 27.3 Å².